The van der Waals surface area contributed by atoms with E-state index in [1.165, 1.54) is 0 Å². The van der Waals surface area contributed by atoms with E-state index < -0.39 is 43.3 Å². The van der Waals surface area contributed by atoms with Crippen LogP contribution in [0.2, 0.25) is 0 Å². The first-order chi connectivity index (χ1) is 7.62. The number of cyclic esters (lactones) is 1. The highest BCUT2D eigenvalue weighted by Gasteiger charge is 2.56. The van der Waals surface area contributed by atoms with Crippen LogP contribution in [-0.2, 0) is 29.6 Å². The van der Waals surface area contributed by atoms with Gasteiger partial charge in [0.2, 0.25) is 0 Å². The summed E-state index contributed by atoms with van der Waals surface area (Å²) in [7, 11) is -8.10. The zero-order valence-corrected chi connectivity index (χ0v) is 10.4. The van der Waals surface area contributed by atoms with Crippen LogP contribution in [0.1, 0.15) is 12.8 Å². The quantitative estimate of drug-likeness (QED) is 0.497. The highest BCUT2D eigenvalue weighted by atomic mass is 32.3. The minimum Gasteiger partial charge on any atom is -0.461 e. The molecule has 2 fully saturated rings. The summed E-state index contributed by atoms with van der Waals surface area (Å²) < 4.78 is 61.3. The third-order valence-corrected chi connectivity index (χ3v) is 5.76. The van der Waals surface area contributed by atoms with Gasteiger partial charge in [-0.15, -0.1) is 3.89 Å². The molecule has 0 bridgehead atoms. The first kappa shape index (κ1) is 12.7. The predicted molar refractivity (Wildman–Crippen MR) is 55.1 cm³/mol. The molecule has 9 heteroatoms. The van der Waals surface area contributed by atoms with Crippen molar-refractivity contribution in [1.29, 1.82) is 0 Å². The van der Waals surface area contributed by atoms with E-state index in [1.807, 2.05) is 0 Å². The van der Waals surface area contributed by atoms with Gasteiger partial charge in [-0.1, -0.05) is 0 Å². The van der Waals surface area contributed by atoms with Crippen LogP contribution in [-0.4, -0.2) is 46.2 Å². The summed E-state index contributed by atoms with van der Waals surface area (Å²) >= 11 is 0. The van der Waals surface area contributed by atoms with Crippen LogP contribution in [0.15, 0.2) is 0 Å². The van der Waals surface area contributed by atoms with Crippen molar-refractivity contribution in [2.24, 2.45) is 5.41 Å². The normalized spacial score (nSPS) is 36.3. The molecular weight excluding hydrogens is 275 g/mol. The van der Waals surface area contributed by atoms with Crippen molar-refractivity contribution in [2.75, 3.05) is 17.3 Å². The Balaban J connectivity index is 2.29. The minimum absolute atomic E-state index is 0.119. The maximum absolute atomic E-state index is 12.6. The Bertz CT molecular complexity index is 551. The van der Waals surface area contributed by atoms with Crippen molar-refractivity contribution in [3.05, 3.63) is 0 Å². The number of carbonyl (C=O) groups excluding carboxylic acids is 1. The van der Waals surface area contributed by atoms with E-state index in [0.717, 1.165) is 0 Å². The van der Waals surface area contributed by atoms with Crippen molar-refractivity contribution in [1.82, 2.24) is 0 Å². The molecule has 2 heterocycles. The fraction of sp³-hybridized carbons (Fsp3) is 0.875. The van der Waals surface area contributed by atoms with Crippen LogP contribution in [0, 0.1) is 5.41 Å². The summed E-state index contributed by atoms with van der Waals surface area (Å²) in [5.41, 5.74) is -1.06. The van der Waals surface area contributed by atoms with E-state index in [0.29, 0.717) is 0 Å². The van der Waals surface area contributed by atoms with E-state index in [9.17, 15) is 25.5 Å². The van der Waals surface area contributed by atoms with Crippen molar-refractivity contribution in [3.63, 3.8) is 0 Å². The van der Waals surface area contributed by atoms with Gasteiger partial charge >= 0.3 is 16.2 Å². The van der Waals surface area contributed by atoms with E-state index >= 15 is 0 Å². The highest BCUT2D eigenvalue weighted by Crippen LogP contribution is 2.45. The van der Waals surface area contributed by atoms with E-state index in [4.69, 9.17) is 4.74 Å². The largest absolute Gasteiger partial charge is 0.461 e. The van der Waals surface area contributed by atoms with Gasteiger partial charge in [-0.3, -0.25) is 4.79 Å². The molecule has 0 aromatic rings. The summed E-state index contributed by atoms with van der Waals surface area (Å²) in [6.07, 6.45) is -1.21. The van der Waals surface area contributed by atoms with Gasteiger partial charge in [-0.25, -0.2) is 8.42 Å². The molecule has 2 saturated heterocycles. The summed E-state index contributed by atoms with van der Waals surface area (Å²) in [5, 5.41) is 0. The van der Waals surface area contributed by atoms with Crippen LogP contribution in [0.25, 0.3) is 0 Å². The van der Waals surface area contributed by atoms with Crippen LogP contribution in [0.5, 0.6) is 0 Å². The van der Waals surface area contributed by atoms with Crippen molar-refractivity contribution in [3.8, 4) is 0 Å². The van der Waals surface area contributed by atoms with Gasteiger partial charge in [0, 0.05) is 5.41 Å². The van der Waals surface area contributed by atoms with Crippen LogP contribution in [0.4, 0.5) is 3.89 Å². The summed E-state index contributed by atoms with van der Waals surface area (Å²) in [6, 6.07) is 0. The topological polar surface area (TPSA) is 94.6 Å². The molecule has 1 spiro atoms. The summed E-state index contributed by atoms with van der Waals surface area (Å²) in [5.74, 6) is -2.07. The Morgan fingerprint density at radius 3 is 2.59 bits per heavy atom. The van der Waals surface area contributed by atoms with E-state index in [-0.39, 0.29) is 24.3 Å². The Morgan fingerprint density at radius 1 is 1.47 bits per heavy atom. The SMILES string of the molecule is O=C1CC2(CCS(=O)(=O)C2)C(CS(=O)(=O)F)O1. The minimum atomic E-state index is -4.80. The number of ether oxygens (including phenoxy) is 1. The first-order valence-electron chi connectivity index (χ1n) is 4.94. The summed E-state index contributed by atoms with van der Waals surface area (Å²) in [4.78, 5) is 11.2. The molecule has 98 valence electrons. The molecule has 0 amide bonds. The maximum atomic E-state index is 12.6. The number of hydrogen-bond acceptors (Lipinski definition) is 6. The number of hydrogen-bond donors (Lipinski definition) is 0. The zero-order valence-electron chi connectivity index (χ0n) is 8.76. The molecule has 2 unspecified atom stereocenters. The number of esters is 1. The lowest BCUT2D eigenvalue weighted by atomic mass is 9.81. The molecule has 6 nitrogen and oxygen atoms in total. The predicted octanol–water partition coefficient (Wildman–Crippen LogP) is -0.594. The molecular formula is C8H11FO6S2. The zero-order chi connectivity index (χ0) is 12.9. The van der Waals surface area contributed by atoms with Gasteiger partial charge in [0.25, 0.3) is 0 Å². The molecule has 0 N–H and O–H groups in total. The van der Waals surface area contributed by atoms with E-state index in [2.05, 4.69) is 0 Å². The molecule has 2 aliphatic rings. The lowest BCUT2D eigenvalue weighted by Crippen LogP contribution is -2.36. The monoisotopic (exact) mass is 286 g/mol. The molecule has 0 radical (unpaired) electrons. The van der Waals surface area contributed by atoms with Gasteiger partial charge in [0.05, 0.1) is 17.9 Å². The Hall–Kier alpha value is -0.700. The van der Waals surface area contributed by atoms with Gasteiger partial charge < -0.3 is 4.74 Å². The molecule has 2 atom stereocenters. The molecule has 0 aliphatic carbocycles. The molecule has 2 rings (SSSR count). The second kappa shape index (κ2) is 3.64. The molecule has 0 aromatic heterocycles. The fourth-order valence-electron chi connectivity index (χ4n) is 2.45. The average molecular weight is 286 g/mol. The lowest BCUT2D eigenvalue weighted by molar-refractivity contribution is -0.140. The Morgan fingerprint density at radius 2 is 2.12 bits per heavy atom. The molecule has 2 aliphatic heterocycles. The fourth-order valence-corrected chi connectivity index (χ4v) is 5.41. The third kappa shape index (κ3) is 2.59. The Labute approximate surface area is 98.3 Å². The van der Waals surface area contributed by atoms with Crippen molar-refractivity contribution < 1.29 is 30.3 Å². The van der Waals surface area contributed by atoms with Gasteiger partial charge in [0.1, 0.15) is 11.9 Å². The van der Waals surface area contributed by atoms with E-state index in [1.54, 1.807) is 0 Å². The van der Waals surface area contributed by atoms with Crippen LogP contribution >= 0.6 is 0 Å². The second-order valence-corrected chi connectivity index (χ2v) is 8.16. The number of rotatable bonds is 2. The van der Waals surface area contributed by atoms with Gasteiger partial charge in [0.15, 0.2) is 9.84 Å². The Kier molecular flexibility index (Phi) is 2.73. The first-order valence-corrected chi connectivity index (χ1v) is 8.32. The third-order valence-electron chi connectivity index (χ3n) is 3.22. The standard InChI is InChI=1S/C8H11FO6S2/c9-17(13,14)4-6-8(3-7(10)15-6)1-2-16(11,12)5-8/h6H,1-5H2. The summed E-state index contributed by atoms with van der Waals surface area (Å²) in [6.45, 7) is 0. The number of halogens is 1. The van der Waals surface area contributed by atoms with Crippen molar-refractivity contribution >= 4 is 26.0 Å². The second-order valence-electron chi connectivity index (χ2n) is 4.57. The smallest absolute Gasteiger partial charge is 0.306 e. The molecule has 0 saturated carbocycles. The average Bonchev–Trinajstić information content (AvgIpc) is 2.52. The lowest BCUT2D eigenvalue weighted by Gasteiger charge is -2.24. The molecule has 17 heavy (non-hydrogen) atoms. The number of sulfone groups is 1. The van der Waals surface area contributed by atoms with Gasteiger partial charge in [-0.2, -0.15) is 8.42 Å². The molecule has 0 aromatic carbocycles. The maximum Gasteiger partial charge on any atom is 0.306 e. The van der Waals surface area contributed by atoms with Crippen LogP contribution < -0.4 is 0 Å². The van der Waals surface area contributed by atoms with Crippen LogP contribution in [0.3, 0.4) is 0 Å². The highest BCUT2D eigenvalue weighted by molar-refractivity contribution is 7.91. The van der Waals surface area contributed by atoms with Crippen molar-refractivity contribution in [2.45, 2.75) is 18.9 Å². The van der Waals surface area contributed by atoms with Gasteiger partial charge in [-0.05, 0) is 6.42 Å². The number of carbonyl (C=O) groups is 1.